The summed E-state index contributed by atoms with van der Waals surface area (Å²) in [7, 11) is 0. The molecule has 0 atom stereocenters. The van der Waals surface area contributed by atoms with E-state index in [4.69, 9.17) is 35.4 Å². The maximum atomic E-state index is 6.21. The van der Waals surface area contributed by atoms with Gasteiger partial charge in [-0.3, -0.25) is 4.68 Å². The smallest absolute Gasteiger partial charge is 0.171 e. The first-order chi connectivity index (χ1) is 12.5. The summed E-state index contributed by atoms with van der Waals surface area (Å²) in [6.45, 7) is 3.22. The first-order valence-electron chi connectivity index (χ1n) is 8.07. The molecule has 0 amide bonds. The van der Waals surface area contributed by atoms with Gasteiger partial charge in [0.05, 0.1) is 18.4 Å². The molecule has 0 unspecified atom stereocenters. The summed E-state index contributed by atoms with van der Waals surface area (Å²) in [5.74, 6) is 0. The van der Waals surface area contributed by atoms with Crippen LogP contribution in [0.25, 0.3) is 0 Å². The lowest BCUT2D eigenvalue weighted by molar-refractivity contribution is 0.687. The van der Waals surface area contributed by atoms with Gasteiger partial charge in [-0.1, -0.05) is 59.1 Å². The number of halogens is 2. The molecule has 7 heteroatoms. The van der Waals surface area contributed by atoms with Crippen LogP contribution < -0.4 is 10.6 Å². The highest BCUT2D eigenvalue weighted by Crippen LogP contribution is 2.25. The number of rotatable bonds is 5. The van der Waals surface area contributed by atoms with E-state index in [-0.39, 0.29) is 0 Å². The zero-order valence-corrected chi connectivity index (χ0v) is 16.5. The van der Waals surface area contributed by atoms with Crippen molar-refractivity contribution < 1.29 is 0 Å². The molecule has 0 saturated carbocycles. The van der Waals surface area contributed by atoms with Crippen molar-refractivity contribution in [3.8, 4) is 0 Å². The maximum absolute atomic E-state index is 6.21. The van der Waals surface area contributed by atoms with E-state index in [1.807, 2.05) is 24.4 Å². The van der Waals surface area contributed by atoms with Gasteiger partial charge >= 0.3 is 0 Å². The highest BCUT2D eigenvalue weighted by Gasteiger charge is 2.08. The molecule has 3 rings (SSSR count). The number of nitrogens with one attached hydrogen (secondary N) is 2. The number of hydrogen-bond donors (Lipinski definition) is 2. The molecule has 0 spiro atoms. The van der Waals surface area contributed by atoms with Crippen molar-refractivity contribution in [1.82, 2.24) is 15.1 Å². The molecule has 0 aliphatic rings. The number of anilines is 1. The number of thiocarbonyl (C=S) groups is 1. The molecule has 4 nitrogen and oxygen atoms in total. The fraction of sp³-hybridized carbons (Fsp3) is 0.158. The number of nitrogens with zero attached hydrogens (tertiary/aromatic N) is 2. The van der Waals surface area contributed by atoms with Crippen LogP contribution in [0, 0.1) is 6.92 Å². The van der Waals surface area contributed by atoms with Crippen LogP contribution in [0.5, 0.6) is 0 Å². The SMILES string of the molecule is Cc1ccc(CNC(=S)Nc2cnn(Cc3c(Cl)cccc3Cl)c2)cc1. The van der Waals surface area contributed by atoms with E-state index in [2.05, 4.69) is 46.9 Å². The Kier molecular flexibility index (Phi) is 6.14. The van der Waals surface area contributed by atoms with Crippen molar-refractivity contribution in [3.63, 3.8) is 0 Å². The van der Waals surface area contributed by atoms with Crippen molar-refractivity contribution in [3.05, 3.63) is 81.6 Å². The largest absolute Gasteiger partial charge is 0.358 e. The molecule has 0 aliphatic heterocycles. The highest BCUT2D eigenvalue weighted by atomic mass is 35.5. The van der Waals surface area contributed by atoms with E-state index in [0.717, 1.165) is 11.3 Å². The number of aromatic nitrogens is 2. The molecule has 1 aromatic heterocycles. The first-order valence-corrected chi connectivity index (χ1v) is 9.23. The third-order valence-electron chi connectivity index (χ3n) is 3.85. The van der Waals surface area contributed by atoms with Gasteiger partial charge < -0.3 is 10.6 Å². The van der Waals surface area contributed by atoms with Gasteiger partial charge in [0.2, 0.25) is 0 Å². The molecule has 0 bridgehead atoms. The molecular formula is C19H18Cl2N4S. The minimum Gasteiger partial charge on any atom is -0.358 e. The average molecular weight is 405 g/mol. The standard InChI is InChI=1S/C19H18Cl2N4S/c1-13-5-7-14(8-6-13)9-22-19(26)24-15-10-23-25(11-15)12-16-17(20)3-2-4-18(16)21/h2-8,10-11H,9,12H2,1H3,(H2,22,24,26). The van der Waals surface area contributed by atoms with Gasteiger partial charge in [-0.15, -0.1) is 0 Å². The Balaban J connectivity index is 1.56. The molecule has 0 radical (unpaired) electrons. The summed E-state index contributed by atoms with van der Waals surface area (Å²) in [6, 6.07) is 13.8. The molecule has 1 heterocycles. The van der Waals surface area contributed by atoms with Crippen LogP contribution in [0.2, 0.25) is 10.0 Å². The zero-order chi connectivity index (χ0) is 18.5. The van der Waals surface area contributed by atoms with Crippen molar-refractivity contribution >= 4 is 46.2 Å². The lowest BCUT2D eigenvalue weighted by atomic mass is 10.1. The topological polar surface area (TPSA) is 41.9 Å². The van der Waals surface area contributed by atoms with Gasteiger partial charge in [-0.25, -0.2) is 0 Å². The monoisotopic (exact) mass is 404 g/mol. The van der Waals surface area contributed by atoms with Gasteiger partial charge in [0.25, 0.3) is 0 Å². The Bertz CT molecular complexity index is 886. The van der Waals surface area contributed by atoms with E-state index < -0.39 is 0 Å². The second kappa shape index (κ2) is 8.54. The van der Waals surface area contributed by atoms with E-state index in [0.29, 0.717) is 28.2 Å². The normalized spacial score (nSPS) is 10.6. The summed E-state index contributed by atoms with van der Waals surface area (Å²) >= 11 is 17.8. The quantitative estimate of drug-likeness (QED) is 0.584. The third-order valence-corrected chi connectivity index (χ3v) is 4.80. The Morgan fingerprint density at radius 3 is 2.50 bits per heavy atom. The van der Waals surface area contributed by atoms with Crippen molar-refractivity contribution in [2.45, 2.75) is 20.0 Å². The number of hydrogen-bond acceptors (Lipinski definition) is 2. The molecule has 0 aliphatic carbocycles. The maximum Gasteiger partial charge on any atom is 0.171 e. The van der Waals surface area contributed by atoms with Gasteiger partial charge in [0.15, 0.2) is 5.11 Å². The molecule has 134 valence electrons. The highest BCUT2D eigenvalue weighted by molar-refractivity contribution is 7.80. The van der Waals surface area contributed by atoms with Crippen molar-refractivity contribution in [1.29, 1.82) is 0 Å². The van der Waals surface area contributed by atoms with Crippen LogP contribution in [0.1, 0.15) is 16.7 Å². The minimum absolute atomic E-state index is 0.490. The number of aryl methyl sites for hydroxylation is 1. The van der Waals surface area contributed by atoms with E-state index >= 15 is 0 Å². The van der Waals surface area contributed by atoms with E-state index in [9.17, 15) is 0 Å². The van der Waals surface area contributed by atoms with Crippen LogP contribution in [0.3, 0.4) is 0 Å². The lowest BCUT2D eigenvalue weighted by Gasteiger charge is -2.09. The third kappa shape index (κ3) is 4.97. The summed E-state index contributed by atoms with van der Waals surface area (Å²) in [6.07, 6.45) is 3.57. The fourth-order valence-electron chi connectivity index (χ4n) is 2.42. The Labute approximate surface area is 168 Å². The predicted octanol–water partition coefficient (Wildman–Crippen LogP) is 5.03. The minimum atomic E-state index is 0.490. The van der Waals surface area contributed by atoms with Crippen LogP contribution in [-0.2, 0) is 13.1 Å². The van der Waals surface area contributed by atoms with Gasteiger partial charge in [0.1, 0.15) is 0 Å². The van der Waals surface area contributed by atoms with E-state index in [1.165, 1.54) is 11.1 Å². The van der Waals surface area contributed by atoms with Crippen LogP contribution >= 0.6 is 35.4 Å². The predicted molar refractivity (Wildman–Crippen MR) is 112 cm³/mol. The fourth-order valence-corrected chi connectivity index (χ4v) is 3.13. The summed E-state index contributed by atoms with van der Waals surface area (Å²) in [5, 5.41) is 12.4. The molecular weight excluding hydrogens is 387 g/mol. The first kappa shape index (κ1) is 18.7. The Hall–Kier alpha value is -2.08. The molecule has 2 N–H and O–H groups in total. The second-order valence-corrected chi connectivity index (χ2v) is 7.14. The van der Waals surface area contributed by atoms with Crippen molar-refractivity contribution in [2.75, 3.05) is 5.32 Å². The molecule has 0 saturated heterocycles. The molecule has 26 heavy (non-hydrogen) atoms. The summed E-state index contributed by atoms with van der Waals surface area (Å²) in [4.78, 5) is 0. The molecule has 0 fully saturated rings. The summed E-state index contributed by atoms with van der Waals surface area (Å²) < 4.78 is 1.76. The number of benzene rings is 2. The van der Waals surface area contributed by atoms with Crippen LogP contribution in [0.4, 0.5) is 5.69 Å². The molecule has 2 aromatic carbocycles. The van der Waals surface area contributed by atoms with Gasteiger partial charge in [-0.2, -0.15) is 5.10 Å². The molecule has 3 aromatic rings. The second-order valence-electron chi connectivity index (χ2n) is 5.92. The average Bonchev–Trinajstić information content (AvgIpc) is 3.05. The van der Waals surface area contributed by atoms with Gasteiger partial charge in [0, 0.05) is 28.4 Å². The van der Waals surface area contributed by atoms with Gasteiger partial charge in [-0.05, 0) is 36.8 Å². The van der Waals surface area contributed by atoms with Crippen LogP contribution in [-0.4, -0.2) is 14.9 Å². The van der Waals surface area contributed by atoms with Crippen LogP contribution in [0.15, 0.2) is 54.9 Å². The Morgan fingerprint density at radius 1 is 1.12 bits per heavy atom. The lowest BCUT2D eigenvalue weighted by Crippen LogP contribution is -2.27. The van der Waals surface area contributed by atoms with E-state index in [1.54, 1.807) is 10.9 Å². The van der Waals surface area contributed by atoms with Crippen molar-refractivity contribution in [2.24, 2.45) is 0 Å². The zero-order valence-electron chi connectivity index (χ0n) is 14.2. The summed E-state index contributed by atoms with van der Waals surface area (Å²) in [5.41, 5.74) is 4.05. The Morgan fingerprint density at radius 2 is 1.81 bits per heavy atom.